The smallest absolute Gasteiger partial charge is 0.252 e. The Kier molecular flexibility index (Phi) is 5.79. The van der Waals surface area contributed by atoms with Crippen LogP contribution in [0.15, 0.2) is 18.2 Å². The summed E-state index contributed by atoms with van der Waals surface area (Å²) < 4.78 is 0. The Morgan fingerprint density at radius 2 is 2.17 bits per heavy atom. The molecular weight excluding hydrogens is 293 g/mol. The molecule has 0 saturated heterocycles. The van der Waals surface area contributed by atoms with Crippen LogP contribution in [0.1, 0.15) is 17.3 Å². The molecule has 0 aliphatic heterocycles. The first-order chi connectivity index (χ1) is 8.35. The predicted molar refractivity (Wildman–Crippen MR) is 77.8 cm³/mol. The van der Waals surface area contributed by atoms with Crippen LogP contribution in [0.3, 0.4) is 0 Å². The average Bonchev–Trinajstić information content (AvgIpc) is 2.29. The first-order valence-electron chi connectivity index (χ1n) is 5.30. The highest BCUT2D eigenvalue weighted by atomic mass is 35.5. The highest BCUT2D eigenvalue weighted by molar-refractivity contribution is 7.98. The van der Waals surface area contributed by atoms with Gasteiger partial charge in [-0.1, -0.05) is 23.2 Å². The fourth-order valence-corrected chi connectivity index (χ4v) is 2.50. The third-order valence-electron chi connectivity index (χ3n) is 2.26. The Morgan fingerprint density at radius 1 is 1.50 bits per heavy atom. The molecule has 0 bridgehead atoms. The number of carbonyl (C=O) groups is 1. The highest BCUT2D eigenvalue weighted by Crippen LogP contribution is 2.20. The second kappa shape index (κ2) is 6.66. The van der Waals surface area contributed by atoms with Crippen LogP contribution in [0.25, 0.3) is 0 Å². The molecule has 0 unspecified atom stereocenters. The van der Waals surface area contributed by atoms with Gasteiger partial charge in [0.05, 0.1) is 16.2 Å². The topological polar surface area (TPSA) is 49.3 Å². The molecule has 0 saturated carbocycles. The zero-order valence-electron chi connectivity index (χ0n) is 10.2. The van der Waals surface area contributed by atoms with Crippen molar-refractivity contribution >= 4 is 40.9 Å². The summed E-state index contributed by atoms with van der Waals surface area (Å²) in [5.74, 6) is 0.195. The number of benzene rings is 1. The van der Waals surface area contributed by atoms with Gasteiger partial charge in [-0.05, 0) is 31.4 Å². The van der Waals surface area contributed by atoms with Crippen molar-refractivity contribution in [1.29, 1.82) is 0 Å². The van der Waals surface area contributed by atoms with Gasteiger partial charge in [0, 0.05) is 17.3 Å². The average molecular weight is 308 g/mol. The van der Waals surface area contributed by atoms with Gasteiger partial charge in [-0.2, -0.15) is 11.8 Å². The molecule has 2 N–H and O–H groups in total. The number of halogens is 2. The minimum absolute atomic E-state index is 0.162. The fraction of sp³-hybridized carbons (Fsp3) is 0.417. The fourth-order valence-electron chi connectivity index (χ4n) is 1.40. The zero-order chi connectivity index (χ0) is 13.8. The molecule has 0 heterocycles. The lowest BCUT2D eigenvalue weighted by molar-refractivity contribution is 0.0725. The number of hydrogen-bond acceptors (Lipinski definition) is 3. The van der Waals surface area contributed by atoms with Crippen molar-refractivity contribution in [2.45, 2.75) is 12.5 Å². The Balaban J connectivity index is 2.69. The van der Waals surface area contributed by atoms with E-state index >= 15 is 0 Å². The summed E-state index contributed by atoms with van der Waals surface area (Å²) in [5, 5.41) is 13.4. The van der Waals surface area contributed by atoms with Crippen LogP contribution in [-0.4, -0.2) is 35.2 Å². The maximum absolute atomic E-state index is 11.9. The van der Waals surface area contributed by atoms with E-state index in [1.165, 1.54) is 17.8 Å². The number of hydrogen-bond donors (Lipinski definition) is 2. The van der Waals surface area contributed by atoms with Crippen molar-refractivity contribution in [2.75, 3.05) is 18.6 Å². The van der Waals surface area contributed by atoms with E-state index in [2.05, 4.69) is 5.32 Å². The maximum Gasteiger partial charge on any atom is 0.252 e. The Bertz CT molecular complexity index is 438. The first kappa shape index (κ1) is 15.6. The second-order valence-electron chi connectivity index (χ2n) is 4.24. The summed E-state index contributed by atoms with van der Waals surface area (Å²) >= 11 is 13.2. The summed E-state index contributed by atoms with van der Waals surface area (Å²) in [6.07, 6.45) is 1.89. The van der Waals surface area contributed by atoms with Crippen LogP contribution in [-0.2, 0) is 0 Å². The lowest BCUT2D eigenvalue weighted by Gasteiger charge is -2.22. The third kappa shape index (κ3) is 4.69. The van der Waals surface area contributed by atoms with Crippen LogP contribution < -0.4 is 5.32 Å². The van der Waals surface area contributed by atoms with Gasteiger partial charge in [0.25, 0.3) is 5.91 Å². The van der Waals surface area contributed by atoms with Gasteiger partial charge in [0.1, 0.15) is 0 Å². The molecule has 6 heteroatoms. The van der Waals surface area contributed by atoms with Gasteiger partial charge < -0.3 is 10.4 Å². The van der Waals surface area contributed by atoms with Crippen molar-refractivity contribution in [3.8, 4) is 0 Å². The lowest BCUT2D eigenvalue weighted by atomic mass is 10.1. The number of aliphatic hydroxyl groups is 1. The van der Waals surface area contributed by atoms with Crippen LogP contribution in [0.2, 0.25) is 10.0 Å². The second-order valence-corrected chi connectivity index (χ2v) is 5.95. The normalized spacial score (nSPS) is 14.1. The number of thioether (sulfide) groups is 1. The molecule has 3 nitrogen and oxygen atoms in total. The van der Waals surface area contributed by atoms with Crippen LogP contribution in [0.5, 0.6) is 0 Å². The number of nitrogens with one attached hydrogen (secondary N) is 1. The van der Waals surface area contributed by atoms with Crippen molar-refractivity contribution in [1.82, 2.24) is 5.32 Å². The van der Waals surface area contributed by atoms with Gasteiger partial charge >= 0.3 is 0 Å². The van der Waals surface area contributed by atoms with E-state index in [0.29, 0.717) is 21.4 Å². The Morgan fingerprint density at radius 3 is 2.78 bits per heavy atom. The van der Waals surface area contributed by atoms with Crippen molar-refractivity contribution in [2.24, 2.45) is 0 Å². The quantitative estimate of drug-likeness (QED) is 0.879. The molecule has 18 heavy (non-hydrogen) atoms. The minimum Gasteiger partial charge on any atom is -0.387 e. The molecule has 1 amide bonds. The summed E-state index contributed by atoms with van der Waals surface area (Å²) in [5.41, 5.74) is -0.635. The highest BCUT2D eigenvalue weighted by Gasteiger charge is 2.21. The van der Waals surface area contributed by atoms with Gasteiger partial charge in [0.2, 0.25) is 0 Å². The maximum atomic E-state index is 11.9. The number of rotatable bonds is 5. The van der Waals surface area contributed by atoms with Crippen molar-refractivity contribution in [3.05, 3.63) is 33.8 Å². The number of carbonyl (C=O) groups excluding carboxylic acids is 1. The monoisotopic (exact) mass is 307 g/mol. The van der Waals surface area contributed by atoms with E-state index in [1.807, 2.05) is 6.26 Å². The molecule has 1 aromatic rings. The SMILES string of the molecule is CSC[C@](C)(O)CNC(=O)c1cc(Cl)ccc1Cl. The molecule has 1 atom stereocenters. The Hall–Kier alpha value is -0.420. The van der Waals surface area contributed by atoms with Crippen molar-refractivity contribution in [3.63, 3.8) is 0 Å². The third-order valence-corrected chi connectivity index (χ3v) is 3.73. The molecule has 100 valence electrons. The molecule has 0 aliphatic rings. The van der Waals surface area contributed by atoms with E-state index in [1.54, 1.807) is 19.1 Å². The van der Waals surface area contributed by atoms with Gasteiger partial charge in [-0.15, -0.1) is 0 Å². The molecule has 0 radical (unpaired) electrons. The first-order valence-corrected chi connectivity index (χ1v) is 7.45. The zero-order valence-corrected chi connectivity index (χ0v) is 12.5. The number of amides is 1. The predicted octanol–water partition coefficient (Wildman–Crippen LogP) is 2.84. The van der Waals surface area contributed by atoms with Crippen molar-refractivity contribution < 1.29 is 9.90 Å². The largest absolute Gasteiger partial charge is 0.387 e. The van der Waals surface area contributed by atoms with Crippen LogP contribution >= 0.6 is 35.0 Å². The Labute approximate surface area is 121 Å². The summed E-state index contributed by atoms with van der Waals surface area (Å²) in [6.45, 7) is 1.83. The lowest BCUT2D eigenvalue weighted by Crippen LogP contribution is -2.42. The summed E-state index contributed by atoms with van der Waals surface area (Å²) in [6, 6.07) is 4.69. The molecule has 0 aromatic heterocycles. The van der Waals surface area contributed by atoms with Crippen LogP contribution in [0, 0.1) is 0 Å². The minimum atomic E-state index is -0.944. The standard InChI is InChI=1S/C12H15Cl2NO2S/c1-12(17,7-18-2)6-15-11(16)9-5-8(13)3-4-10(9)14/h3-5,17H,6-7H2,1-2H3,(H,15,16)/t12-/m1/s1. The molecular formula is C12H15Cl2NO2S. The van der Waals surface area contributed by atoms with E-state index in [9.17, 15) is 9.90 Å². The molecule has 0 aliphatic carbocycles. The van der Waals surface area contributed by atoms with E-state index in [4.69, 9.17) is 23.2 Å². The van der Waals surface area contributed by atoms with E-state index < -0.39 is 5.60 Å². The van der Waals surface area contributed by atoms with Gasteiger partial charge in [-0.3, -0.25) is 4.79 Å². The summed E-state index contributed by atoms with van der Waals surface area (Å²) in [7, 11) is 0. The molecule has 0 fully saturated rings. The van der Waals surface area contributed by atoms with Gasteiger partial charge in [0.15, 0.2) is 0 Å². The molecule has 1 aromatic carbocycles. The molecule has 1 rings (SSSR count). The van der Waals surface area contributed by atoms with E-state index in [-0.39, 0.29) is 12.5 Å². The van der Waals surface area contributed by atoms with E-state index in [0.717, 1.165) is 0 Å². The van der Waals surface area contributed by atoms with Crippen LogP contribution in [0.4, 0.5) is 0 Å². The van der Waals surface area contributed by atoms with Gasteiger partial charge in [-0.25, -0.2) is 0 Å². The summed E-state index contributed by atoms with van der Waals surface area (Å²) in [4.78, 5) is 11.9. The molecule has 0 spiro atoms.